The topological polar surface area (TPSA) is 126 Å². The van der Waals surface area contributed by atoms with E-state index in [0.29, 0.717) is 19.2 Å². The molecule has 0 bridgehead atoms. The third-order valence-electron chi connectivity index (χ3n) is 7.16. The Morgan fingerprint density at radius 3 is 2.44 bits per heavy atom. The molecule has 9 nitrogen and oxygen atoms in total. The van der Waals surface area contributed by atoms with Gasteiger partial charge in [-0.3, -0.25) is 4.79 Å². The second-order valence-electron chi connectivity index (χ2n) is 9.58. The lowest BCUT2D eigenvalue weighted by atomic mass is 9.79. The molecule has 2 saturated heterocycles. The number of carbonyl (C=O) groups is 2. The van der Waals surface area contributed by atoms with Gasteiger partial charge in [0, 0.05) is 24.2 Å². The predicted octanol–water partition coefficient (Wildman–Crippen LogP) is 1.30. The minimum absolute atomic E-state index is 0.0713. The number of carbonyl (C=O) groups excluding carboxylic acids is 2. The number of carboxylic acids is 1. The molecule has 2 N–H and O–H groups in total. The number of hydrogen-bond acceptors (Lipinski definition) is 8. The summed E-state index contributed by atoms with van der Waals surface area (Å²) < 4.78 is 12.0. The summed E-state index contributed by atoms with van der Waals surface area (Å²) in [6.45, 7) is 0.757. The van der Waals surface area contributed by atoms with E-state index in [2.05, 4.69) is 20.6 Å². The van der Waals surface area contributed by atoms with E-state index in [0.717, 1.165) is 36.9 Å². The van der Waals surface area contributed by atoms with Gasteiger partial charge in [0.2, 0.25) is 11.9 Å². The van der Waals surface area contributed by atoms with Gasteiger partial charge in [0.15, 0.2) is 0 Å². The standard InChI is InChI=1S/C25H30N4O5/c30-20(12-25(13-21(31)32)9-4-5-10-25)27-18-14-33-23-19(15-34-22(18)23)29-24-26-11-8-17(28-24)16-6-2-1-3-7-16/h1-3,6-8,11,18-19,22-23H,4-5,9-10,12-15H2,(H,27,30)(H,31,32)(H,26,28,29)/p-1/t18-,19-,22+,23+/m0/s1. The van der Waals surface area contributed by atoms with Crippen LogP contribution in [0.3, 0.4) is 0 Å². The molecule has 0 unspecified atom stereocenters. The van der Waals surface area contributed by atoms with Crippen LogP contribution in [0.25, 0.3) is 11.3 Å². The van der Waals surface area contributed by atoms with E-state index in [4.69, 9.17) is 9.47 Å². The summed E-state index contributed by atoms with van der Waals surface area (Å²) in [6.07, 6.45) is 4.70. The number of nitrogens with one attached hydrogen (secondary N) is 2. The minimum atomic E-state index is -1.09. The lowest BCUT2D eigenvalue weighted by molar-refractivity contribution is -0.308. The fraction of sp³-hybridized carbons (Fsp3) is 0.520. The molecule has 4 atom stereocenters. The van der Waals surface area contributed by atoms with Gasteiger partial charge in [0.25, 0.3) is 0 Å². The molecule has 2 aliphatic heterocycles. The first-order valence-electron chi connectivity index (χ1n) is 11.9. The smallest absolute Gasteiger partial charge is 0.223 e. The largest absolute Gasteiger partial charge is 0.550 e. The third kappa shape index (κ3) is 4.90. The van der Waals surface area contributed by atoms with Crippen LogP contribution in [0.15, 0.2) is 42.6 Å². The fourth-order valence-electron chi connectivity index (χ4n) is 5.56. The highest BCUT2D eigenvalue weighted by Crippen LogP contribution is 2.44. The summed E-state index contributed by atoms with van der Waals surface area (Å²) >= 11 is 0. The Balaban J connectivity index is 1.19. The molecule has 9 heteroatoms. The number of hydrogen-bond donors (Lipinski definition) is 2. The lowest BCUT2D eigenvalue weighted by Gasteiger charge is -2.29. The second-order valence-corrected chi connectivity index (χ2v) is 9.58. The molecule has 1 saturated carbocycles. The first-order valence-corrected chi connectivity index (χ1v) is 11.9. The number of fused-ring (bicyclic) bond motifs is 1. The summed E-state index contributed by atoms with van der Waals surface area (Å²) in [5, 5.41) is 17.6. The quantitative estimate of drug-likeness (QED) is 0.598. The maximum Gasteiger partial charge on any atom is 0.223 e. The zero-order valence-corrected chi connectivity index (χ0v) is 18.9. The van der Waals surface area contributed by atoms with Crippen LogP contribution in [0.2, 0.25) is 0 Å². The molecule has 0 radical (unpaired) electrons. The number of carboxylic acid groups (broad SMARTS) is 1. The van der Waals surface area contributed by atoms with Crippen molar-refractivity contribution in [2.24, 2.45) is 5.41 Å². The molecule has 1 aliphatic carbocycles. The van der Waals surface area contributed by atoms with Crippen molar-refractivity contribution in [1.29, 1.82) is 0 Å². The zero-order chi connectivity index (χ0) is 23.5. The Bertz CT molecular complexity index is 1030. The van der Waals surface area contributed by atoms with E-state index in [1.807, 2.05) is 36.4 Å². The van der Waals surface area contributed by atoms with E-state index in [1.54, 1.807) is 6.20 Å². The van der Waals surface area contributed by atoms with Gasteiger partial charge in [-0.05, 0) is 30.7 Å². The van der Waals surface area contributed by atoms with Crippen molar-refractivity contribution in [2.45, 2.75) is 62.8 Å². The number of anilines is 1. The number of amides is 1. The molecular formula is C25H29N4O5-. The Kier molecular flexibility index (Phi) is 6.47. The van der Waals surface area contributed by atoms with Crippen LogP contribution in [0.5, 0.6) is 0 Å². The van der Waals surface area contributed by atoms with Crippen LogP contribution in [-0.2, 0) is 19.1 Å². The SMILES string of the molecule is O=C([O-])CC1(CC(=O)N[C@H]2CO[C@H]3[C@@H]2OC[C@@H]3Nc2nccc(-c3ccccc3)n2)CCCC1. The van der Waals surface area contributed by atoms with Crippen molar-refractivity contribution in [1.82, 2.24) is 15.3 Å². The van der Waals surface area contributed by atoms with E-state index >= 15 is 0 Å². The van der Waals surface area contributed by atoms with Gasteiger partial charge < -0.3 is 30.0 Å². The molecule has 1 aromatic carbocycles. The normalized spacial score (nSPS) is 27.3. The maximum atomic E-state index is 12.8. The number of nitrogens with zero attached hydrogens (tertiary/aromatic N) is 2. The molecule has 34 heavy (non-hydrogen) atoms. The fourth-order valence-corrected chi connectivity index (χ4v) is 5.56. The maximum absolute atomic E-state index is 12.8. The Morgan fingerprint density at radius 1 is 1.00 bits per heavy atom. The molecule has 180 valence electrons. The van der Waals surface area contributed by atoms with Crippen LogP contribution in [-0.4, -0.2) is 59.3 Å². The molecule has 3 aliphatic rings. The monoisotopic (exact) mass is 465 g/mol. The molecule has 3 fully saturated rings. The Labute approximate surface area is 198 Å². The minimum Gasteiger partial charge on any atom is -0.550 e. The highest BCUT2D eigenvalue weighted by atomic mass is 16.6. The van der Waals surface area contributed by atoms with Crippen LogP contribution in [0, 0.1) is 5.41 Å². The third-order valence-corrected chi connectivity index (χ3v) is 7.16. The highest BCUT2D eigenvalue weighted by Gasteiger charge is 2.49. The number of rotatable bonds is 8. The zero-order valence-electron chi connectivity index (χ0n) is 18.9. The predicted molar refractivity (Wildman–Crippen MR) is 121 cm³/mol. The molecule has 1 amide bonds. The molecule has 1 aromatic heterocycles. The summed E-state index contributed by atoms with van der Waals surface area (Å²) in [5.74, 6) is -0.751. The van der Waals surface area contributed by atoms with Crippen molar-refractivity contribution in [3.63, 3.8) is 0 Å². The van der Waals surface area contributed by atoms with Crippen LogP contribution < -0.4 is 15.7 Å². The highest BCUT2D eigenvalue weighted by molar-refractivity contribution is 5.78. The van der Waals surface area contributed by atoms with Gasteiger partial charge in [-0.2, -0.15) is 0 Å². The van der Waals surface area contributed by atoms with Gasteiger partial charge in [-0.1, -0.05) is 43.2 Å². The van der Waals surface area contributed by atoms with Gasteiger partial charge >= 0.3 is 0 Å². The molecule has 0 spiro atoms. The lowest BCUT2D eigenvalue weighted by Crippen LogP contribution is -2.46. The van der Waals surface area contributed by atoms with Crippen molar-refractivity contribution in [2.75, 3.05) is 18.5 Å². The Morgan fingerprint density at radius 2 is 1.71 bits per heavy atom. The van der Waals surface area contributed by atoms with E-state index in [-0.39, 0.29) is 43.0 Å². The number of ether oxygens (including phenoxy) is 2. The van der Waals surface area contributed by atoms with Crippen molar-refractivity contribution in [3.8, 4) is 11.3 Å². The van der Waals surface area contributed by atoms with E-state index in [1.165, 1.54) is 0 Å². The van der Waals surface area contributed by atoms with Crippen molar-refractivity contribution in [3.05, 3.63) is 42.6 Å². The van der Waals surface area contributed by atoms with Crippen molar-refractivity contribution < 1.29 is 24.2 Å². The van der Waals surface area contributed by atoms with E-state index < -0.39 is 11.4 Å². The Hall–Kier alpha value is -3.04. The van der Waals surface area contributed by atoms with Gasteiger partial charge in [0.05, 0.1) is 31.0 Å². The van der Waals surface area contributed by atoms with Gasteiger partial charge in [0.1, 0.15) is 12.2 Å². The molecular weight excluding hydrogens is 436 g/mol. The second kappa shape index (κ2) is 9.68. The van der Waals surface area contributed by atoms with Crippen molar-refractivity contribution >= 4 is 17.8 Å². The first-order chi connectivity index (χ1) is 16.5. The number of benzene rings is 1. The van der Waals surface area contributed by atoms with Gasteiger partial charge in [-0.25, -0.2) is 9.97 Å². The first kappa shape index (κ1) is 22.7. The van der Waals surface area contributed by atoms with Crippen LogP contribution in [0.1, 0.15) is 38.5 Å². The molecule has 3 heterocycles. The number of aliphatic carboxylic acids is 1. The average Bonchev–Trinajstić information content (AvgIpc) is 3.53. The summed E-state index contributed by atoms with van der Waals surface area (Å²) in [4.78, 5) is 33.0. The van der Waals surface area contributed by atoms with Gasteiger partial charge in [-0.15, -0.1) is 0 Å². The summed E-state index contributed by atoms with van der Waals surface area (Å²) in [6, 6.07) is 11.3. The van der Waals surface area contributed by atoms with Crippen LogP contribution in [0.4, 0.5) is 5.95 Å². The summed E-state index contributed by atoms with van der Waals surface area (Å²) in [5.41, 5.74) is 1.33. The average molecular weight is 466 g/mol. The van der Waals surface area contributed by atoms with E-state index in [9.17, 15) is 14.7 Å². The van der Waals surface area contributed by atoms with Crippen LogP contribution >= 0.6 is 0 Å². The molecule has 2 aromatic rings. The molecule has 5 rings (SSSR count). The number of aromatic nitrogens is 2. The summed E-state index contributed by atoms with van der Waals surface area (Å²) in [7, 11) is 0.